The van der Waals surface area contributed by atoms with Crippen LogP contribution in [0.4, 0.5) is 10.5 Å². The van der Waals surface area contributed by atoms with E-state index >= 15 is 0 Å². The van der Waals surface area contributed by atoms with E-state index in [-0.39, 0.29) is 24.8 Å². The Morgan fingerprint density at radius 3 is 2.48 bits per heavy atom. The van der Waals surface area contributed by atoms with Gasteiger partial charge in [0.15, 0.2) is 0 Å². The molecule has 7 heteroatoms. The summed E-state index contributed by atoms with van der Waals surface area (Å²) in [4.78, 5) is 37.8. The third-order valence-corrected chi connectivity index (χ3v) is 4.34. The third-order valence-electron chi connectivity index (χ3n) is 4.34. The van der Waals surface area contributed by atoms with Gasteiger partial charge in [0.2, 0.25) is 5.91 Å². The first-order chi connectivity index (χ1) is 13.1. The lowest BCUT2D eigenvalue weighted by Gasteiger charge is -2.13. The molecule has 1 aliphatic rings. The fraction of sp³-hybridized carbons (Fsp3) is 0.250. The number of anilines is 1. The second-order valence-electron chi connectivity index (χ2n) is 6.21. The summed E-state index contributed by atoms with van der Waals surface area (Å²) in [6.07, 6.45) is 0.435. The number of ether oxygens (including phenoxy) is 1. The Kier molecular flexibility index (Phi) is 5.71. The van der Waals surface area contributed by atoms with E-state index in [1.54, 1.807) is 31.4 Å². The van der Waals surface area contributed by atoms with Crippen LogP contribution in [0.1, 0.15) is 12.0 Å². The van der Waals surface area contributed by atoms with Gasteiger partial charge in [-0.15, -0.1) is 0 Å². The molecule has 0 bridgehead atoms. The lowest BCUT2D eigenvalue weighted by molar-refractivity contribution is -0.129. The Balaban J connectivity index is 1.53. The van der Waals surface area contributed by atoms with E-state index in [9.17, 15) is 14.4 Å². The zero-order chi connectivity index (χ0) is 19.2. The second kappa shape index (κ2) is 8.35. The highest BCUT2D eigenvalue weighted by Crippen LogP contribution is 2.15. The van der Waals surface area contributed by atoms with Crippen LogP contribution in [0.25, 0.3) is 0 Å². The number of urea groups is 1. The minimum atomic E-state index is -0.836. The van der Waals surface area contributed by atoms with E-state index in [0.717, 1.165) is 16.2 Å². The Morgan fingerprint density at radius 1 is 1.11 bits per heavy atom. The Labute approximate surface area is 157 Å². The number of hydrogen-bond acceptors (Lipinski definition) is 4. The van der Waals surface area contributed by atoms with Crippen molar-refractivity contribution in [2.24, 2.45) is 0 Å². The minimum absolute atomic E-state index is 0.0987. The van der Waals surface area contributed by atoms with Gasteiger partial charge in [-0.25, -0.2) is 4.79 Å². The van der Waals surface area contributed by atoms with Crippen molar-refractivity contribution in [3.8, 4) is 5.75 Å². The van der Waals surface area contributed by atoms with Crippen LogP contribution in [-0.2, 0) is 16.0 Å². The molecule has 3 rings (SSSR count). The molecule has 1 atom stereocenters. The highest BCUT2D eigenvalue weighted by molar-refractivity contribution is 6.06. The summed E-state index contributed by atoms with van der Waals surface area (Å²) in [7, 11) is 1.59. The first-order valence-corrected chi connectivity index (χ1v) is 8.66. The summed E-state index contributed by atoms with van der Waals surface area (Å²) in [6, 6.07) is 15.1. The van der Waals surface area contributed by atoms with Crippen molar-refractivity contribution in [1.29, 1.82) is 0 Å². The summed E-state index contributed by atoms with van der Waals surface area (Å²) < 4.78 is 5.11. The van der Waals surface area contributed by atoms with Gasteiger partial charge in [-0.2, -0.15) is 0 Å². The minimum Gasteiger partial charge on any atom is -0.497 e. The van der Waals surface area contributed by atoms with Gasteiger partial charge in [0.1, 0.15) is 11.8 Å². The largest absolute Gasteiger partial charge is 0.497 e. The predicted molar refractivity (Wildman–Crippen MR) is 100 cm³/mol. The third kappa shape index (κ3) is 4.63. The number of nitrogens with zero attached hydrogens (tertiary/aromatic N) is 1. The molecule has 0 radical (unpaired) electrons. The Hall–Kier alpha value is -3.35. The fourth-order valence-corrected chi connectivity index (χ4v) is 2.88. The van der Waals surface area contributed by atoms with Crippen LogP contribution < -0.4 is 15.4 Å². The van der Waals surface area contributed by atoms with E-state index in [1.165, 1.54) is 0 Å². The lowest BCUT2D eigenvalue weighted by atomic mass is 10.1. The number of carbonyl (C=O) groups excluding carboxylic acids is 3. The predicted octanol–water partition coefficient (Wildman–Crippen LogP) is 2.19. The molecule has 1 heterocycles. The number of imide groups is 1. The van der Waals surface area contributed by atoms with Crippen molar-refractivity contribution in [1.82, 2.24) is 10.2 Å². The summed E-state index contributed by atoms with van der Waals surface area (Å²) in [5.74, 6) is 0.0480. The SMILES string of the molecule is COc1ccc(CCN2C(=O)NC(CC(=O)Nc3ccccc3)C2=O)cc1. The zero-order valence-electron chi connectivity index (χ0n) is 15.0. The number of nitrogens with one attached hydrogen (secondary N) is 2. The first-order valence-electron chi connectivity index (χ1n) is 8.66. The van der Waals surface area contributed by atoms with Crippen molar-refractivity contribution in [3.05, 3.63) is 60.2 Å². The summed E-state index contributed by atoms with van der Waals surface area (Å²) in [5, 5.41) is 5.30. The number of para-hydroxylation sites is 1. The molecule has 0 aliphatic carbocycles. The molecule has 1 aliphatic heterocycles. The summed E-state index contributed by atoms with van der Waals surface area (Å²) >= 11 is 0. The van der Waals surface area contributed by atoms with Gasteiger partial charge in [0.05, 0.1) is 13.5 Å². The normalized spacial score (nSPS) is 16.2. The molecule has 7 nitrogen and oxygen atoms in total. The van der Waals surface area contributed by atoms with Gasteiger partial charge in [0, 0.05) is 12.2 Å². The number of benzene rings is 2. The molecule has 2 aromatic rings. The lowest BCUT2D eigenvalue weighted by Crippen LogP contribution is -2.34. The topological polar surface area (TPSA) is 87.7 Å². The van der Waals surface area contributed by atoms with Crippen LogP contribution in [0.5, 0.6) is 5.75 Å². The molecular formula is C20H21N3O4. The van der Waals surface area contributed by atoms with Crippen LogP contribution in [0, 0.1) is 0 Å². The number of methoxy groups -OCH3 is 1. The zero-order valence-corrected chi connectivity index (χ0v) is 15.0. The molecule has 2 aromatic carbocycles. The van der Waals surface area contributed by atoms with Crippen LogP contribution in [-0.4, -0.2) is 42.4 Å². The monoisotopic (exact) mass is 367 g/mol. The maximum Gasteiger partial charge on any atom is 0.324 e. The fourth-order valence-electron chi connectivity index (χ4n) is 2.88. The number of hydrogen-bond donors (Lipinski definition) is 2. The summed E-state index contributed by atoms with van der Waals surface area (Å²) in [6.45, 7) is 0.258. The highest BCUT2D eigenvalue weighted by atomic mass is 16.5. The second-order valence-corrected chi connectivity index (χ2v) is 6.21. The molecule has 1 fully saturated rings. The quantitative estimate of drug-likeness (QED) is 0.735. The molecule has 0 aromatic heterocycles. The van der Waals surface area contributed by atoms with Crippen molar-refractivity contribution in [2.45, 2.75) is 18.9 Å². The molecule has 4 amide bonds. The first kappa shape index (κ1) is 18.4. The molecule has 27 heavy (non-hydrogen) atoms. The van der Waals surface area contributed by atoms with Crippen LogP contribution in [0.15, 0.2) is 54.6 Å². The Morgan fingerprint density at radius 2 is 1.81 bits per heavy atom. The maximum atomic E-state index is 12.5. The number of rotatable bonds is 7. The van der Waals surface area contributed by atoms with Crippen molar-refractivity contribution in [2.75, 3.05) is 19.0 Å². The Bertz CT molecular complexity index is 821. The van der Waals surface area contributed by atoms with Gasteiger partial charge in [0.25, 0.3) is 5.91 Å². The smallest absolute Gasteiger partial charge is 0.324 e. The molecule has 1 saturated heterocycles. The average Bonchev–Trinajstić information content (AvgIpc) is 2.94. The number of carbonyl (C=O) groups is 3. The van der Waals surface area contributed by atoms with E-state index in [0.29, 0.717) is 12.1 Å². The van der Waals surface area contributed by atoms with Gasteiger partial charge in [-0.1, -0.05) is 30.3 Å². The van der Waals surface area contributed by atoms with Crippen LogP contribution >= 0.6 is 0 Å². The van der Waals surface area contributed by atoms with E-state index in [1.807, 2.05) is 30.3 Å². The van der Waals surface area contributed by atoms with Crippen molar-refractivity contribution in [3.63, 3.8) is 0 Å². The number of amides is 4. The molecular weight excluding hydrogens is 346 g/mol. The maximum absolute atomic E-state index is 12.5. The molecule has 0 saturated carbocycles. The van der Waals surface area contributed by atoms with Gasteiger partial charge in [-0.3, -0.25) is 14.5 Å². The van der Waals surface area contributed by atoms with Crippen molar-refractivity contribution >= 4 is 23.5 Å². The molecule has 2 N–H and O–H groups in total. The summed E-state index contributed by atoms with van der Waals surface area (Å²) in [5.41, 5.74) is 1.64. The van der Waals surface area contributed by atoms with Gasteiger partial charge in [-0.05, 0) is 36.2 Å². The van der Waals surface area contributed by atoms with E-state index in [4.69, 9.17) is 4.74 Å². The van der Waals surface area contributed by atoms with E-state index < -0.39 is 12.1 Å². The van der Waals surface area contributed by atoms with Crippen LogP contribution in [0.2, 0.25) is 0 Å². The average molecular weight is 367 g/mol. The molecule has 1 unspecified atom stereocenters. The van der Waals surface area contributed by atoms with Crippen LogP contribution in [0.3, 0.4) is 0 Å². The van der Waals surface area contributed by atoms with Gasteiger partial charge < -0.3 is 15.4 Å². The van der Waals surface area contributed by atoms with E-state index in [2.05, 4.69) is 10.6 Å². The highest BCUT2D eigenvalue weighted by Gasteiger charge is 2.38. The standard InChI is InChI=1S/C20H21N3O4/c1-27-16-9-7-14(8-10-16)11-12-23-19(25)17(22-20(23)26)13-18(24)21-15-5-3-2-4-6-15/h2-10,17H,11-13H2,1H3,(H,21,24)(H,22,26). The van der Waals surface area contributed by atoms with Gasteiger partial charge >= 0.3 is 6.03 Å². The van der Waals surface area contributed by atoms with Crippen molar-refractivity contribution < 1.29 is 19.1 Å². The molecule has 140 valence electrons. The molecule has 0 spiro atoms.